The summed E-state index contributed by atoms with van der Waals surface area (Å²) in [5.41, 5.74) is 7.37. The van der Waals surface area contributed by atoms with Crippen molar-refractivity contribution in [3.8, 4) is 0 Å². The van der Waals surface area contributed by atoms with Gasteiger partial charge in [-0.25, -0.2) is 4.79 Å². The third-order valence-corrected chi connectivity index (χ3v) is 2.63. The van der Waals surface area contributed by atoms with Gasteiger partial charge in [-0.1, -0.05) is 0 Å². The van der Waals surface area contributed by atoms with E-state index in [-0.39, 0.29) is 11.5 Å². The highest BCUT2D eigenvalue weighted by molar-refractivity contribution is 5.89. The first-order chi connectivity index (χ1) is 7.16. The number of rotatable bonds is 2. The van der Waals surface area contributed by atoms with Gasteiger partial charge in [-0.15, -0.1) is 0 Å². The Morgan fingerprint density at radius 2 is 2.27 bits per heavy atom. The highest BCUT2D eigenvalue weighted by Crippen LogP contribution is 2.27. The van der Waals surface area contributed by atoms with Crippen LogP contribution < -0.4 is 5.73 Å². The Hall–Kier alpha value is -1.55. The minimum absolute atomic E-state index is 0.247. The largest absolute Gasteiger partial charge is 0.478 e. The minimum Gasteiger partial charge on any atom is -0.478 e. The van der Waals surface area contributed by atoms with Crippen LogP contribution in [-0.4, -0.2) is 24.3 Å². The van der Waals surface area contributed by atoms with Crippen molar-refractivity contribution in [1.29, 1.82) is 0 Å². The number of ether oxygens (including phenoxy) is 1. The topological polar surface area (TPSA) is 72.6 Å². The number of nitrogens with two attached hydrogens (primary N) is 1. The molecule has 0 spiro atoms. The zero-order valence-corrected chi connectivity index (χ0v) is 8.27. The molecular formula is C11H13NO3. The molecule has 80 valence electrons. The van der Waals surface area contributed by atoms with E-state index in [2.05, 4.69) is 0 Å². The van der Waals surface area contributed by atoms with Gasteiger partial charge in [0.15, 0.2) is 0 Å². The first-order valence-corrected chi connectivity index (χ1v) is 4.88. The number of aromatic carboxylic acids is 1. The highest BCUT2D eigenvalue weighted by Gasteiger charge is 2.19. The van der Waals surface area contributed by atoms with Gasteiger partial charge in [0.25, 0.3) is 0 Å². The van der Waals surface area contributed by atoms with E-state index in [0.29, 0.717) is 12.3 Å². The predicted octanol–water partition coefficient (Wildman–Crippen LogP) is 1.47. The fourth-order valence-corrected chi connectivity index (χ4v) is 1.83. The molecule has 4 heteroatoms. The fraction of sp³-hybridized carbons (Fsp3) is 0.364. The molecule has 0 aliphatic carbocycles. The van der Waals surface area contributed by atoms with Crippen LogP contribution in [0.1, 0.15) is 28.3 Å². The van der Waals surface area contributed by atoms with Gasteiger partial charge in [0.05, 0.1) is 12.2 Å². The lowest BCUT2D eigenvalue weighted by atomic mass is 9.96. The number of hydrogen-bond acceptors (Lipinski definition) is 3. The van der Waals surface area contributed by atoms with Crippen molar-refractivity contribution in [2.45, 2.75) is 12.3 Å². The maximum atomic E-state index is 10.8. The normalized spacial score (nSPS) is 20.4. The Morgan fingerprint density at radius 3 is 2.87 bits per heavy atom. The van der Waals surface area contributed by atoms with Gasteiger partial charge in [-0.05, 0) is 30.2 Å². The van der Waals surface area contributed by atoms with Gasteiger partial charge in [0.2, 0.25) is 0 Å². The Bertz CT molecular complexity index is 383. The van der Waals surface area contributed by atoms with Crippen LogP contribution in [0.25, 0.3) is 0 Å². The number of carboxylic acids is 1. The maximum absolute atomic E-state index is 10.8. The van der Waals surface area contributed by atoms with Crippen LogP contribution in [0.2, 0.25) is 0 Å². The van der Waals surface area contributed by atoms with Crippen LogP contribution in [0.3, 0.4) is 0 Å². The molecule has 1 aliphatic heterocycles. The number of carbonyl (C=O) groups is 1. The van der Waals surface area contributed by atoms with Gasteiger partial charge < -0.3 is 15.6 Å². The van der Waals surface area contributed by atoms with E-state index < -0.39 is 5.97 Å². The molecule has 0 aromatic heterocycles. The smallest absolute Gasteiger partial charge is 0.335 e. The molecule has 1 fully saturated rings. The van der Waals surface area contributed by atoms with E-state index >= 15 is 0 Å². The number of carboxylic acid groups (broad SMARTS) is 1. The maximum Gasteiger partial charge on any atom is 0.335 e. The number of benzene rings is 1. The van der Waals surface area contributed by atoms with Crippen LogP contribution in [0.4, 0.5) is 5.69 Å². The van der Waals surface area contributed by atoms with Crippen molar-refractivity contribution < 1.29 is 14.6 Å². The average molecular weight is 207 g/mol. The third-order valence-electron chi connectivity index (χ3n) is 2.63. The molecule has 0 amide bonds. The minimum atomic E-state index is -0.942. The number of hydrogen-bond donors (Lipinski definition) is 2. The molecule has 1 saturated heterocycles. The summed E-state index contributed by atoms with van der Waals surface area (Å²) in [5, 5.41) is 8.89. The molecule has 4 nitrogen and oxygen atoms in total. The number of anilines is 1. The van der Waals surface area contributed by atoms with Gasteiger partial charge in [-0.2, -0.15) is 0 Å². The fourth-order valence-electron chi connectivity index (χ4n) is 1.83. The van der Waals surface area contributed by atoms with Crippen molar-refractivity contribution in [1.82, 2.24) is 0 Å². The summed E-state index contributed by atoms with van der Waals surface area (Å²) in [4.78, 5) is 10.8. The molecule has 1 unspecified atom stereocenters. The van der Waals surface area contributed by atoms with Gasteiger partial charge >= 0.3 is 5.97 Å². The van der Waals surface area contributed by atoms with E-state index in [1.807, 2.05) is 6.07 Å². The first kappa shape index (κ1) is 9.98. The second-order valence-corrected chi connectivity index (χ2v) is 3.75. The van der Waals surface area contributed by atoms with E-state index in [9.17, 15) is 4.79 Å². The van der Waals surface area contributed by atoms with Crippen molar-refractivity contribution in [3.63, 3.8) is 0 Å². The van der Waals surface area contributed by atoms with Gasteiger partial charge in [-0.3, -0.25) is 0 Å². The highest BCUT2D eigenvalue weighted by atomic mass is 16.5. The summed E-state index contributed by atoms with van der Waals surface area (Å²) in [6.45, 7) is 1.39. The lowest BCUT2D eigenvalue weighted by molar-refractivity contribution is 0.0696. The molecule has 1 heterocycles. The molecular weight excluding hydrogens is 194 g/mol. The average Bonchev–Trinajstić information content (AvgIpc) is 2.69. The molecule has 1 aromatic carbocycles. The van der Waals surface area contributed by atoms with Crippen LogP contribution >= 0.6 is 0 Å². The molecule has 2 rings (SSSR count). The summed E-state index contributed by atoms with van der Waals surface area (Å²) in [6.07, 6.45) is 0.933. The Morgan fingerprint density at radius 1 is 1.47 bits per heavy atom. The quantitative estimate of drug-likeness (QED) is 0.720. The van der Waals surface area contributed by atoms with E-state index in [0.717, 1.165) is 18.6 Å². The van der Waals surface area contributed by atoms with Crippen molar-refractivity contribution >= 4 is 11.7 Å². The van der Waals surface area contributed by atoms with Gasteiger partial charge in [0.1, 0.15) is 0 Å². The van der Waals surface area contributed by atoms with Crippen molar-refractivity contribution in [3.05, 3.63) is 29.3 Å². The summed E-state index contributed by atoms with van der Waals surface area (Å²) in [5.74, 6) is -0.658. The van der Waals surface area contributed by atoms with Crippen LogP contribution in [0.5, 0.6) is 0 Å². The molecule has 1 atom stereocenters. The SMILES string of the molecule is Nc1cc(C(=O)O)cc(C2CCOC2)c1. The molecule has 1 aliphatic rings. The van der Waals surface area contributed by atoms with Gasteiger partial charge in [0, 0.05) is 18.2 Å². The lowest BCUT2D eigenvalue weighted by Crippen LogP contribution is -2.04. The van der Waals surface area contributed by atoms with E-state index in [1.54, 1.807) is 6.07 Å². The zero-order valence-electron chi connectivity index (χ0n) is 8.27. The molecule has 0 radical (unpaired) electrons. The summed E-state index contributed by atoms with van der Waals surface area (Å²) < 4.78 is 5.26. The second-order valence-electron chi connectivity index (χ2n) is 3.75. The lowest BCUT2D eigenvalue weighted by Gasteiger charge is -2.09. The van der Waals surface area contributed by atoms with E-state index in [4.69, 9.17) is 15.6 Å². The Balaban J connectivity index is 2.34. The van der Waals surface area contributed by atoms with Crippen molar-refractivity contribution in [2.75, 3.05) is 18.9 Å². The van der Waals surface area contributed by atoms with Crippen LogP contribution in [-0.2, 0) is 4.74 Å². The molecule has 0 bridgehead atoms. The third kappa shape index (κ3) is 2.10. The molecule has 15 heavy (non-hydrogen) atoms. The Kier molecular flexibility index (Phi) is 2.60. The van der Waals surface area contributed by atoms with Crippen molar-refractivity contribution in [2.24, 2.45) is 0 Å². The molecule has 3 N–H and O–H groups in total. The van der Waals surface area contributed by atoms with E-state index in [1.165, 1.54) is 6.07 Å². The zero-order chi connectivity index (χ0) is 10.8. The summed E-state index contributed by atoms with van der Waals surface area (Å²) in [6, 6.07) is 4.98. The second kappa shape index (κ2) is 3.90. The van der Waals surface area contributed by atoms with Crippen LogP contribution in [0.15, 0.2) is 18.2 Å². The molecule has 0 saturated carbocycles. The first-order valence-electron chi connectivity index (χ1n) is 4.88. The monoisotopic (exact) mass is 207 g/mol. The summed E-state index contributed by atoms with van der Waals surface area (Å²) in [7, 11) is 0. The number of nitrogen functional groups attached to an aromatic ring is 1. The van der Waals surface area contributed by atoms with Crippen LogP contribution in [0, 0.1) is 0 Å². The Labute approximate surface area is 87.7 Å². The summed E-state index contributed by atoms with van der Waals surface area (Å²) >= 11 is 0. The molecule has 1 aromatic rings. The standard InChI is InChI=1S/C11H13NO3/c12-10-4-8(7-1-2-15-6-7)3-9(5-10)11(13)14/h3-5,7H,1-2,6,12H2,(H,13,14). The predicted molar refractivity (Wildman–Crippen MR) is 56.0 cm³/mol.